The van der Waals surface area contributed by atoms with Crippen LogP contribution in [0, 0.1) is 5.92 Å². The average molecular weight is 396 g/mol. The molecule has 1 saturated heterocycles. The van der Waals surface area contributed by atoms with Crippen molar-refractivity contribution in [3.63, 3.8) is 0 Å². The van der Waals surface area contributed by atoms with Gasteiger partial charge in [0.2, 0.25) is 5.91 Å². The van der Waals surface area contributed by atoms with Crippen LogP contribution in [0.2, 0.25) is 0 Å². The van der Waals surface area contributed by atoms with Gasteiger partial charge in [-0.3, -0.25) is 9.59 Å². The van der Waals surface area contributed by atoms with Gasteiger partial charge in [-0.05, 0) is 43.0 Å². The SMILES string of the molecule is CC(Oc1ccc(-c2ccccc2)cc1)C(=O)N1CCCC(C(=O)NCCN)C1. The third kappa shape index (κ3) is 5.57. The molecular formula is C23H29N3O3. The van der Waals surface area contributed by atoms with Crippen LogP contribution in [0.4, 0.5) is 0 Å². The molecule has 1 heterocycles. The third-order valence-corrected chi connectivity index (χ3v) is 5.17. The molecule has 2 aromatic carbocycles. The topological polar surface area (TPSA) is 84.7 Å². The molecule has 29 heavy (non-hydrogen) atoms. The zero-order valence-corrected chi connectivity index (χ0v) is 16.8. The molecule has 6 heteroatoms. The van der Waals surface area contributed by atoms with Crippen molar-refractivity contribution in [2.75, 3.05) is 26.2 Å². The van der Waals surface area contributed by atoms with E-state index in [1.165, 1.54) is 0 Å². The van der Waals surface area contributed by atoms with Gasteiger partial charge in [-0.2, -0.15) is 0 Å². The van der Waals surface area contributed by atoms with Crippen molar-refractivity contribution in [2.45, 2.75) is 25.9 Å². The van der Waals surface area contributed by atoms with Gasteiger partial charge in [0.1, 0.15) is 5.75 Å². The Morgan fingerprint density at radius 3 is 2.52 bits per heavy atom. The van der Waals surface area contributed by atoms with E-state index in [1.54, 1.807) is 11.8 Å². The molecule has 154 valence electrons. The van der Waals surface area contributed by atoms with E-state index in [1.807, 2.05) is 42.5 Å². The first-order chi connectivity index (χ1) is 14.1. The Balaban J connectivity index is 1.56. The van der Waals surface area contributed by atoms with Gasteiger partial charge in [0.25, 0.3) is 5.91 Å². The van der Waals surface area contributed by atoms with Crippen molar-refractivity contribution in [3.8, 4) is 16.9 Å². The second kappa shape index (κ2) is 10.1. The zero-order valence-electron chi connectivity index (χ0n) is 16.8. The molecule has 1 fully saturated rings. The maximum absolute atomic E-state index is 12.8. The first-order valence-electron chi connectivity index (χ1n) is 10.2. The van der Waals surface area contributed by atoms with Gasteiger partial charge in [-0.1, -0.05) is 42.5 Å². The van der Waals surface area contributed by atoms with Gasteiger partial charge in [0, 0.05) is 26.2 Å². The van der Waals surface area contributed by atoms with Crippen LogP contribution in [-0.2, 0) is 9.59 Å². The first kappa shape index (κ1) is 20.9. The summed E-state index contributed by atoms with van der Waals surface area (Å²) in [5.74, 6) is 0.350. The smallest absolute Gasteiger partial charge is 0.263 e. The number of hydrogen-bond acceptors (Lipinski definition) is 4. The number of nitrogens with one attached hydrogen (secondary N) is 1. The highest BCUT2D eigenvalue weighted by Crippen LogP contribution is 2.23. The standard InChI is InChI=1S/C23H29N3O3/c1-17(23(28)26-15-5-8-20(16-26)22(27)25-14-13-24)29-21-11-9-19(10-12-21)18-6-3-2-4-7-18/h2-4,6-7,9-12,17,20H,5,8,13-16,24H2,1H3,(H,25,27). The number of rotatable bonds is 7. The molecule has 3 rings (SSSR count). The molecule has 1 aliphatic rings. The number of carbonyl (C=O) groups is 2. The largest absolute Gasteiger partial charge is 0.481 e. The fourth-order valence-electron chi connectivity index (χ4n) is 3.60. The minimum absolute atomic E-state index is 0.0296. The Morgan fingerprint density at radius 2 is 1.83 bits per heavy atom. The van der Waals surface area contributed by atoms with Gasteiger partial charge in [0.05, 0.1) is 5.92 Å². The lowest BCUT2D eigenvalue weighted by molar-refractivity contribution is -0.141. The summed E-state index contributed by atoms with van der Waals surface area (Å²) in [4.78, 5) is 26.8. The number of ether oxygens (including phenoxy) is 1. The number of benzene rings is 2. The van der Waals surface area contributed by atoms with E-state index in [9.17, 15) is 9.59 Å². The normalized spacial score (nSPS) is 17.4. The molecule has 6 nitrogen and oxygen atoms in total. The number of hydrogen-bond donors (Lipinski definition) is 2. The summed E-state index contributed by atoms with van der Waals surface area (Å²) in [6, 6.07) is 17.8. The van der Waals surface area contributed by atoms with Gasteiger partial charge < -0.3 is 20.7 Å². The summed E-state index contributed by atoms with van der Waals surface area (Å²) in [5.41, 5.74) is 7.67. The monoisotopic (exact) mass is 395 g/mol. The summed E-state index contributed by atoms with van der Waals surface area (Å²) in [6.45, 7) is 3.71. The van der Waals surface area contributed by atoms with Gasteiger partial charge in [-0.25, -0.2) is 0 Å². The van der Waals surface area contributed by atoms with Crippen molar-refractivity contribution in [2.24, 2.45) is 11.7 Å². The highest BCUT2D eigenvalue weighted by Gasteiger charge is 2.31. The average Bonchev–Trinajstić information content (AvgIpc) is 2.78. The fourth-order valence-corrected chi connectivity index (χ4v) is 3.60. The number of nitrogens with two attached hydrogens (primary N) is 1. The van der Waals surface area contributed by atoms with E-state index in [0.29, 0.717) is 31.9 Å². The maximum Gasteiger partial charge on any atom is 0.263 e. The molecule has 0 aromatic heterocycles. The number of piperidine rings is 1. The molecule has 0 saturated carbocycles. The van der Waals surface area contributed by atoms with E-state index in [4.69, 9.17) is 10.5 Å². The van der Waals surface area contributed by atoms with Crippen LogP contribution < -0.4 is 15.8 Å². The van der Waals surface area contributed by atoms with Gasteiger partial charge >= 0.3 is 0 Å². The van der Waals surface area contributed by atoms with Gasteiger partial charge in [0.15, 0.2) is 6.10 Å². The molecule has 1 aliphatic heterocycles. The van der Waals surface area contributed by atoms with E-state index < -0.39 is 6.10 Å². The lowest BCUT2D eigenvalue weighted by Gasteiger charge is -2.33. The molecule has 2 atom stereocenters. The number of likely N-dealkylation sites (tertiary alicyclic amines) is 1. The Hall–Kier alpha value is -2.86. The molecule has 0 radical (unpaired) electrons. The Bertz CT molecular complexity index is 808. The van der Waals surface area contributed by atoms with Crippen LogP contribution >= 0.6 is 0 Å². The van der Waals surface area contributed by atoms with Crippen molar-refractivity contribution in [1.29, 1.82) is 0 Å². The van der Waals surface area contributed by atoms with Gasteiger partial charge in [-0.15, -0.1) is 0 Å². The third-order valence-electron chi connectivity index (χ3n) is 5.17. The van der Waals surface area contributed by atoms with Crippen LogP contribution in [0.1, 0.15) is 19.8 Å². The minimum Gasteiger partial charge on any atom is -0.481 e. The summed E-state index contributed by atoms with van der Waals surface area (Å²) >= 11 is 0. The fraction of sp³-hybridized carbons (Fsp3) is 0.391. The molecule has 0 spiro atoms. The van der Waals surface area contributed by atoms with Crippen LogP contribution in [-0.4, -0.2) is 49.0 Å². The maximum atomic E-state index is 12.8. The second-order valence-electron chi connectivity index (χ2n) is 7.35. The van der Waals surface area contributed by atoms with Crippen LogP contribution in [0.3, 0.4) is 0 Å². The number of nitrogens with zero attached hydrogens (tertiary/aromatic N) is 1. The Morgan fingerprint density at radius 1 is 1.14 bits per heavy atom. The van der Waals surface area contributed by atoms with Crippen LogP contribution in [0.25, 0.3) is 11.1 Å². The summed E-state index contributed by atoms with van der Waals surface area (Å²) < 4.78 is 5.87. The Labute approximate surface area is 172 Å². The van der Waals surface area contributed by atoms with E-state index in [-0.39, 0.29) is 17.7 Å². The van der Waals surface area contributed by atoms with Crippen LogP contribution in [0.15, 0.2) is 54.6 Å². The molecule has 0 aliphatic carbocycles. The molecule has 2 aromatic rings. The molecule has 2 unspecified atom stereocenters. The van der Waals surface area contributed by atoms with E-state index >= 15 is 0 Å². The minimum atomic E-state index is -0.608. The molecule has 2 amide bonds. The highest BCUT2D eigenvalue weighted by molar-refractivity contribution is 5.83. The molecule has 3 N–H and O–H groups in total. The summed E-state index contributed by atoms with van der Waals surface area (Å²) in [6.07, 6.45) is 0.991. The predicted molar refractivity (Wildman–Crippen MR) is 113 cm³/mol. The predicted octanol–water partition coefficient (Wildman–Crippen LogP) is 2.43. The van der Waals surface area contributed by atoms with Crippen molar-refractivity contribution >= 4 is 11.8 Å². The highest BCUT2D eigenvalue weighted by atomic mass is 16.5. The first-order valence-corrected chi connectivity index (χ1v) is 10.2. The summed E-state index contributed by atoms with van der Waals surface area (Å²) in [5, 5.41) is 2.82. The molecule has 0 bridgehead atoms. The number of amides is 2. The quantitative estimate of drug-likeness (QED) is 0.754. The van der Waals surface area contributed by atoms with E-state index in [0.717, 1.165) is 24.0 Å². The lowest BCUT2D eigenvalue weighted by Crippen LogP contribution is -2.49. The van der Waals surface area contributed by atoms with Crippen molar-refractivity contribution in [1.82, 2.24) is 10.2 Å². The zero-order chi connectivity index (χ0) is 20.6. The van der Waals surface area contributed by atoms with E-state index in [2.05, 4.69) is 17.4 Å². The lowest BCUT2D eigenvalue weighted by atomic mass is 9.96. The number of carbonyl (C=O) groups excluding carboxylic acids is 2. The van der Waals surface area contributed by atoms with Crippen molar-refractivity contribution < 1.29 is 14.3 Å². The summed E-state index contributed by atoms with van der Waals surface area (Å²) in [7, 11) is 0. The van der Waals surface area contributed by atoms with Crippen molar-refractivity contribution in [3.05, 3.63) is 54.6 Å². The Kier molecular flexibility index (Phi) is 7.25. The second-order valence-corrected chi connectivity index (χ2v) is 7.35. The van der Waals surface area contributed by atoms with Crippen LogP contribution in [0.5, 0.6) is 5.75 Å². The molecular weight excluding hydrogens is 366 g/mol.